The summed E-state index contributed by atoms with van der Waals surface area (Å²) < 4.78 is 6.30. The lowest BCUT2D eigenvalue weighted by molar-refractivity contribution is -0.123. The summed E-state index contributed by atoms with van der Waals surface area (Å²) in [5, 5.41) is 2.65. The number of pyridine rings is 1. The van der Waals surface area contributed by atoms with Gasteiger partial charge in [0.25, 0.3) is 11.5 Å². The molecule has 6 heteroatoms. The van der Waals surface area contributed by atoms with Crippen LogP contribution in [0.1, 0.15) is 22.2 Å². The Bertz CT molecular complexity index is 914. The Balaban J connectivity index is 1.91. The molecule has 0 fully saturated rings. The van der Waals surface area contributed by atoms with E-state index in [0.29, 0.717) is 11.3 Å². The van der Waals surface area contributed by atoms with Gasteiger partial charge in [0.05, 0.1) is 12.8 Å². The summed E-state index contributed by atoms with van der Waals surface area (Å²) in [5.41, 5.74) is -0.0682. The van der Waals surface area contributed by atoms with Crippen LogP contribution in [-0.2, 0) is 11.3 Å². The van der Waals surface area contributed by atoms with Gasteiger partial charge in [-0.3, -0.25) is 19.0 Å². The Morgan fingerprint density at radius 2 is 1.76 bits per heavy atom. The first-order valence-corrected chi connectivity index (χ1v) is 7.73. The predicted octanol–water partition coefficient (Wildman–Crippen LogP) is 2.18. The zero-order valence-corrected chi connectivity index (χ0v) is 13.3. The normalized spacial score (nSPS) is 11.7. The van der Waals surface area contributed by atoms with Crippen LogP contribution in [0.5, 0.6) is 0 Å². The Hall–Kier alpha value is -3.41. The zero-order valence-electron chi connectivity index (χ0n) is 13.3. The van der Waals surface area contributed by atoms with Crippen molar-refractivity contribution in [3.8, 4) is 0 Å². The van der Waals surface area contributed by atoms with Crippen LogP contribution in [0, 0.1) is 0 Å². The van der Waals surface area contributed by atoms with Crippen molar-refractivity contribution in [3.63, 3.8) is 0 Å². The van der Waals surface area contributed by atoms with E-state index in [9.17, 15) is 14.4 Å². The Morgan fingerprint density at radius 1 is 1.00 bits per heavy atom. The largest absolute Gasteiger partial charge is 0.467 e. The molecule has 0 unspecified atom stereocenters. The quantitative estimate of drug-likeness (QED) is 0.552. The molecule has 0 aliphatic rings. The average Bonchev–Trinajstić information content (AvgIpc) is 3.16. The summed E-state index contributed by atoms with van der Waals surface area (Å²) in [6.07, 6.45) is 2.93. The number of benzene rings is 1. The monoisotopic (exact) mass is 336 g/mol. The molecule has 0 radical (unpaired) electrons. The molecule has 0 bridgehead atoms. The molecule has 0 saturated carbocycles. The predicted molar refractivity (Wildman–Crippen MR) is 91.1 cm³/mol. The molecule has 0 aliphatic carbocycles. The molecule has 0 aliphatic heterocycles. The van der Waals surface area contributed by atoms with Crippen molar-refractivity contribution in [2.75, 3.05) is 0 Å². The Kier molecular flexibility index (Phi) is 4.89. The lowest BCUT2D eigenvalue weighted by Crippen LogP contribution is -2.40. The van der Waals surface area contributed by atoms with E-state index in [1.807, 2.05) is 0 Å². The molecular weight excluding hydrogens is 320 g/mol. The van der Waals surface area contributed by atoms with Crippen molar-refractivity contribution in [2.24, 2.45) is 0 Å². The first-order chi connectivity index (χ1) is 12.2. The number of carbonyl (C=O) groups is 2. The molecule has 1 N–H and O–H groups in total. The fraction of sp³-hybridized carbons (Fsp3) is 0.105. The first kappa shape index (κ1) is 16.4. The van der Waals surface area contributed by atoms with Gasteiger partial charge in [-0.2, -0.15) is 0 Å². The van der Waals surface area contributed by atoms with Crippen molar-refractivity contribution < 1.29 is 14.0 Å². The maximum atomic E-state index is 12.9. The van der Waals surface area contributed by atoms with E-state index in [1.165, 1.54) is 18.5 Å². The third-order valence-electron chi connectivity index (χ3n) is 3.70. The number of hydrogen-bond donors (Lipinski definition) is 1. The molecule has 3 rings (SSSR count). The summed E-state index contributed by atoms with van der Waals surface area (Å²) in [6.45, 7) is 0.131. The Labute approximate surface area is 143 Å². The lowest BCUT2D eigenvalue weighted by atomic mass is 10.0. The minimum absolute atomic E-state index is 0.131. The van der Waals surface area contributed by atoms with Gasteiger partial charge < -0.3 is 9.73 Å². The van der Waals surface area contributed by atoms with Gasteiger partial charge in [0, 0.05) is 17.8 Å². The van der Waals surface area contributed by atoms with Gasteiger partial charge in [0.15, 0.2) is 11.8 Å². The summed E-state index contributed by atoms with van der Waals surface area (Å²) in [5.74, 6) is -0.468. The molecule has 1 amide bonds. The number of hydrogen-bond acceptors (Lipinski definition) is 4. The van der Waals surface area contributed by atoms with Crippen LogP contribution in [0.3, 0.4) is 0 Å². The van der Waals surface area contributed by atoms with Gasteiger partial charge in [-0.05, 0) is 18.2 Å². The minimum atomic E-state index is -1.29. The number of amides is 1. The van der Waals surface area contributed by atoms with Gasteiger partial charge in [-0.15, -0.1) is 0 Å². The lowest BCUT2D eigenvalue weighted by Gasteiger charge is -2.18. The molecule has 126 valence electrons. The number of carbonyl (C=O) groups excluding carboxylic acids is 2. The molecule has 1 aromatic carbocycles. The number of rotatable bonds is 6. The van der Waals surface area contributed by atoms with Gasteiger partial charge >= 0.3 is 0 Å². The first-order valence-electron chi connectivity index (χ1n) is 7.73. The molecule has 0 saturated heterocycles. The fourth-order valence-electron chi connectivity index (χ4n) is 2.47. The number of ketones is 1. The van der Waals surface area contributed by atoms with Crippen molar-refractivity contribution >= 4 is 11.7 Å². The van der Waals surface area contributed by atoms with Crippen molar-refractivity contribution in [1.82, 2.24) is 9.88 Å². The number of aromatic nitrogens is 1. The van der Waals surface area contributed by atoms with Crippen LogP contribution in [0.15, 0.2) is 82.3 Å². The van der Waals surface area contributed by atoms with E-state index in [0.717, 1.165) is 4.57 Å². The number of nitrogens with zero attached hydrogens (tertiary/aromatic N) is 1. The van der Waals surface area contributed by atoms with Crippen LogP contribution < -0.4 is 10.9 Å². The van der Waals surface area contributed by atoms with E-state index in [-0.39, 0.29) is 6.54 Å². The minimum Gasteiger partial charge on any atom is -0.467 e. The van der Waals surface area contributed by atoms with Crippen LogP contribution in [0.25, 0.3) is 0 Å². The molecule has 1 atom stereocenters. The smallest absolute Gasteiger partial charge is 0.251 e. The van der Waals surface area contributed by atoms with Crippen LogP contribution in [-0.4, -0.2) is 16.3 Å². The highest BCUT2D eigenvalue weighted by Gasteiger charge is 2.29. The van der Waals surface area contributed by atoms with E-state index in [4.69, 9.17) is 4.42 Å². The highest BCUT2D eigenvalue weighted by molar-refractivity contribution is 6.11. The van der Waals surface area contributed by atoms with Crippen molar-refractivity contribution in [1.29, 1.82) is 0 Å². The van der Waals surface area contributed by atoms with E-state index < -0.39 is 23.3 Å². The van der Waals surface area contributed by atoms with Crippen LogP contribution in [0.2, 0.25) is 0 Å². The van der Waals surface area contributed by atoms with Gasteiger partial charge in [-0.1, -0.05) is 36.4 Å². The molecule has 0 spiro atoms. The molecule has 3 aromatic rings. The summed E-state index contributed by atoms with van der Waals surface area (Å²) in [7, 11) is 0. The fourth-order valence-corrected chi connectivity index (χ4v) is 2.47. The molecule has 2 heterocycles. The van der Waals surface area contributed by atoms with Crippen LogP contribution in [0.4, 0.5) is 0 Å². The second kappa shape index (κ2) is 7.44. The van der Waals surface area contributed by atoms with Gasteiger partial charge in [0.2, 0.25) is 0 Å². The third-order valence-corrected chi connectivity index (χ3v) is 3.70. The van der Waals surface area contributed by atoms with Crippen molar-refractivity contribution in [3.05, 3.63) is 94.8 Å². The molecular formula is C19H16N2O4. The average molecular weight is 336 g/mol. The standard InChI is InChI=1S/C19H16N2O4/c22-16-10-4-5-11-21(16)17(18(23)14-7-2-1-3-8-14)19(24)20-13-15-9-6-12-25-15/h1-12,17H,13H2,(H,20,24)/t17-/m0/s1. The maximum absolute atomic E-state index is 12.9. The Morgan fingerprint density at radius 3 is 2.44 bits per heavy atom. The van der Waals surface area contributed by atoms with E-state index in [2.05, 4.69) is 5.32 Å². The second-order valence-electron chi connectivity index (χ2n) is 5.38. The maximum Gasteiger partial charge on any atom is 0.251 e. The highest BCUT2D eigenvalue weighted by atomic mass is 16.3. The summed E-state index contributed by atoms with van der Waals surface area (Å²) >= 11 is 0. The van der Waals surface area contributed by atoms with Gasteiger partial charge in [0.1, 0.15) is 5.76 Å². The summed E-state index contributed by atoms with van der Waals surface area (Å²) in [6, 6.07) is 15.0. The third kappa shape index (κ3) is 3.74. The van der Waals surface area contributed by atoms with E-state index in [1.54, 1.807) is 54.6 Å². The number of Topliss-reactive ketones (excluding diaryl/α,β-unsaturated/α-hetero) is 1. The van der Waals surface area contributed by atoms with Crippen molar-refractivity contribution in [2.45, 2.75) is 12.6 Å². The van der Waals surface area contributed by atoms with E-state index >= 15 is 0 Å². The number of furan rings is 1. The molecule has 2 aromatic heterocycles. The molecule has 6 nitrogen and oxygen atoms in total. The second-order valence-corrected chi connectivity index (χ2v) is 5.38. The SMILES string of the molecule is O=C(NCc1ccco1)[C@H](C(=O)c1ccccc1)n1ccccc1=O. The number of nitrogens with one attached hydrogen (secondary N) is 1. The topological polar surface area (TPSA) is 81.3 Å². The van der Waals surface area contributed by atoms with Gasteiger partial charge in [-0.25, -0.2) is 0 Å². The molecule has 25 heavy (non-hydrogen) atoms. The highest BCUT2D eigenvalue weighted by Crippen LogP contribution is 2.14. The van der Waals surface area contributed by atoms with Crippen LogP contribution >= 0.6 is 0 Å². The zero-order chi connectivity index (χ0) is 17.6. The summed E-state index contributed by atoms with van der Waals surface area (Å²) in [4.78, 5) is 37.7.